The SMILES string of the molecule is Cc1nc2ncnn2c(C)c1CCC(=O)OCC(=O)Nc1ccc(SC(F)F)cc1. The first-order valence-electron chi connectivity index (χ1n) is 8.99. The minimum atomic E-state index is -2.51. The summed E-state index contributed by atoms with van der Waals surface area (Å²) in [6.07, 6.45) is 1.89. The van der Waals surface area contributed by atoms with Crippen LogP contribution in [0.25, 0.3) is 5.78 Å². The number of carbonyl (C=O) groups excluding carboxylic acids is 2. The monoisotopic (exact) mass is 435 g/mol. The molecule has 0 saturated heterocycles. The third kappa shape index (κ3) is 5.50. The zero-order valence-corrected chi connectivity index (χ0v) is 17.1. The molecule has 3 rings (SSSR count). The van der Waals surface area contributed by atoms with Crippen LogP contribution in [0.15, 0.2) is 35.5 Å². The number of hydrogen-bond acceptors (Lipinski definition) is 7. The van der Waals surface area contributed by atoms with Gasteiger partial charge in [-0.15, -0.1) is 0 Å². The molecule has 1 amide bonds. The first-order chi connectivity index (χ1) is 14.3. The smallest absolute Gasteiger partial charge is 0.306 e. The van der Waals surface area contributed by atoms with E-state index >= 15 is 0 Å². The van der Waals surface area contributed by atoms with Crippen molar-refractivity contribution in [2.24, 2.45) is 0 Å². The first-order valence-corrected chi connectivity index (χ1v) is 9.87. The molecule has 2 aromatic heterocycles. The molecule has 8 nitrogen and oxygen atoms in total. The number of nitrogens with zero attached hydrogens (tertiary/aromatic N) is 4. The van der Waals surface area contributed by atoms with E-state index in [0.29, 0.717) is 34.5 Å². The van der Waals surface area contributed by atoms with Crippen LogP contribution in [0.5, 0.6) is 0 Å². The summed E-state index contributed by atoms with van der Waals surface area (Å²) in [5, 5.41) is 6.65. The van der Waals surface area contributed by atoms with Gasteiger partial charge in [-0.25, -0.2) is 9.50 Å². The standard InChI is InChI=1S/C19H19F2N5O3S/c1-11-15(12(2)26-19(24-11)22-10-23-26)7-8-17(28)29-9-16(27)25-13-3-5-14(6-4-13)30-18(20)21/h3-6,10,18H,7-9H2,1-2H3,(H,25,27). The molecule has 0 aliphatic rings. The lowest BCUT2D eigenvalue weighted by atomic mass is 10.1. The lowest BCUT2D eigenvalue weighted by molar-refractivity contribution is -0.147. The Morgan fingerprint density at radius 1 is 1.23 bits per heavy atom. The van der Waals surface area contributed by atoms with Crippen LogP contribution in [-0.2, 0) is 20.7 Å². The molecule has 0 spiro atoms. The molecule has 0 saturated carbocycles. The number of benzene rings is 1. The number of ether oxygens (including phenoxy) is 1. The minimum absolute atomic E-state index is 0.0798. The van der Waals surface area contributed by atoms with Crippen molar-refractivity contribution in [1.29, 1.82) is 0 Å². The molecule has 158 valence electrons. The number of aromatic nitrogens is 4. The predicted molar refractivity (Wildman–Crippen MR) is 106 cm³/mol. The van der Waals surface area contributed by atoms with E-state index in [1.165, 1.54) is 30.6 Å². The molecular weight excluding hydrogens is 416 g/mol. The molecule has 3 aromatic rings. The fraction of sp³-hybridized carbons (Fsp3) is 0.316. The minimum Gasteiger partial charge on any atom is -0.456 e. The number of fused-ring (bicyclic) bond motifs is 1. The van der Waals surface area contributed by atoms with Gasteiger partial charge in [-0.1, -0.05) is 11.8 Å². The molecule has 0 aliphatic heterocycles. The average Bonchev–Trinajstić information content (AvgIpc) is 3.16. The van der Waals surface area contributed by atoms with Crippen LogP contribution in [0.3, 0.4) is 0 Å². The van der Waals surface area contributed by atoms with Crippen LogP contribution >= 0.6 is 11.8 Å². The molecule has 2 heterocycles. The number of carbonyl (C=O) groups is 2. The average molecular weight is 435 g/mol. The number of amides is 1. The number of esters is 1. The number of hydrogen-bond donors (Lipinski definition) is 1. The van der Waals surface area contributed by atoms with Gasteiger partial charge in [0, 0.05) is 28.4 Å². The Kier molecular flexibility index (Phi) is 6.93. The number of anilines is 1. The van der Waals surface area contributed by atoms with Crippen molar-refractivity contribution in [3.8, 4) is 0 Å². The van der Waals surface area contributed by atoms with Crippen molar-refractivity contribution >= 4 is 35.1 Å². The first kappa shape index (κ1) is 21.6. The van der Waals surface area contributed by atoms with E-state index in [0.717, 1.165) is 17.0 Å². The Balaban J connectivity index is 1.47. The summed E-state index contributed by atoms with van der Waals surface area (Å²) in [5.41, 5.74) is 2.89. The summed E-state index contributed by atoms with van der Waals surface area (Å²) in [7, 11) is 0. The molecule has 1 N–H and O–H groups in total. The number of aryl methyl sites for hydroxylation is 2. The Bertz CT molecular complexity index is 1060. The Morgan fingerprint density at radius 3 is 2.67 bits per heavy atom. The van der Waals surface area contributed by atoms with Crippen molar-refractivity contribution in [1.82, 2.24) is 19.6 Å². The topological polar surface area (TPSA) is 98.5 Å². The quantitative estimate of drug-likeness (QED) is 0.429. The van der Waals surface area contributed by atoms with Gasteiger partial charge in [-0.3, -0.25) is 9.59 Å². The molecule has 0 aliphatic carbocycles. The lowest BCUT2D eigenvalue weighted by Crippen LogP contribution is -2.21. The summed E-state index contributed by atoms with van der Waals surface area (Å²) in [6.45, 7) is 3.27. The maximum atomic E-state index is 12.3. The van der Waals surface area contributed by atoms with Crippen LogP contribution in [0, 0.1) is 13.8 Å². The lowest BCUT2D eigenvalue weighted by Gasteiger charge is -2.10. The van der Waals surface area contributed by atoms with E-state index in [4.69, 9.17) is 4.74 Å². The molecule has 0 unspecified atom stereocenters. The molecule has 0 radical (unpaired) electrons. The second-order valence-corrected chi connectivity index (χ2v) is 7.41. The molecule has 30 heavy (non-hydrogen) atoms. The molecule has 11 heteroatoms. The highest BCUT2D eigenvalue weighted by molar-refractivity contribution is 7.99. The predicted octanol–water partition coefficient (Wildman–Crippen LogP) is 3.17. The fourth-order valence-corrected chi connectivity index (χ4v) is 3.38. The van der Waals surface area contributed by atoms with E-state index in [1.807, 2.05) is 13.8 Å². The summed E-state index contributed by atoms with van der Waals surface area (Å²) >= 11 is 0.418. The van der Waals surface area contributed by atoms with Crippen molar-refractivity contribution in [3.05, 3.63) is 47.5 Å². The summed E-state index contributed by atoms with van der Waals surface area (Å²) in [4.78, 5) is 32.7. The third-order valence-corrected chi connectivity index (χ3v) is 5.02. The van der Waals surface area contributed by atoms with Crippen molar-refractivity contribution in [2.45, 2.75) is 37.3 Å². The Hall–Kier alpha value is -3.08. The maximum Gasteiger partial charge on any atom is 0.306 e. The number of nitrogens with one attached hydrogen (secondary N) is 1. The van der Waals surface area contributed by atoms with Gasteiger partial charge in [0.25, 0.3) is 17.4 Å². The van der Waals surface area contributed by atoms with Crippen LogP contribution in [0.4, 0.5) is 14.5 Å². The van der Waals surface area contributed by atoms with Crippen molar-refractivity contribution in [3.63, 3.8) is 0 Å². The zero-order valence-electron chi connectivity index (χ0n) is 16.3. The van der Waals surface area contributed by atoms with E-state index < -0.39 is 24.2 Å². The maximum absolute atomic E-state index is 12.3. The molecule has 0 fully saturated rings. The van der Waals surface area contributed by atoms with Gasteiger partial charge < -0.3 is 10.1 Å². The zero-order chi connectivity index (χ0) is 21.7. The van der Waals surface area contributed by atoms with Crippen LogP contribution in [0.1, 0.15) is 23.4 Å². The normalized spacial score (nSPS) is 11.1. The molecular formula is C19H19F2N5O3S. The van der Waals surface area contributed by atoms with Crippen LogP contribution in [0.2, 0.25) is 0 Å². The molecule has 0 atom stereocenters. The summed E-state index contributed by atoms with van der Waals surface area (Å²) in [6, 6.07) is 5.96. The van der Waals surface area contributed by atoms with Gasteiger partial charge in [0.1, 0.15) is 6.33 Å². The van der Waals surface area contributed by atoms with Crippen LogP contribution < -0.4 is 5.32 Å². The highest BCUT2D eigenvalue weighted by atomic mass is 32.2. The molecule has 0 bridgehead atoms. The summed E-state index contributed by atoms with van der Waals surface area (Å²) < 4.78 is 31.2. The highest BCUT2D eigenvalue weighted by Gasteiger charge is 2.14. The fourth-order valence-electron chi connectivity index (χ4n) is 2.88. The van der Waals surface area contributed by atoms with Gasteiger partial charge in [0.05, 0.1) is 0 Å². The van der Waals surface area contributed by atoms with E-state index in [9.17, 15) is 18.4 Å². The van der Waals surface area contributed by atoms with E-state index in [1.54, 1.807) is 4.52 Å². The van der Waals surface area contributed by atoms with Crippen molar-refractivity contribution < 1.29 is 23.1 Å². The third-order valence-electron chi connectivity index (χ3n) is 4.30. The highest BCUT2D eigenvalue weighted by Crippen LogP contribution is 2.26. The largest absolute Gasteiger partial charge is 0.456 e. The van der Waals surface area contributed by atoms with Crippen molar-refractivity contribution in [2.75, 3.05) is 11.9 Å². The number of rotatable bonds is 8. The van der Waals surface area contributed by atoms with Gasteiger partial charge >= 0.3 is 5.97 Å². The van der Waals surface area contributed by atoms with Crippen LogP contribution in [-0.4, -0.2) is 43.8 Å². The number of thioether (sulfide) groups is 1. The van der Waals surface area contributed by atoms with Gasteiger partial charge in [0.15, 0.2) is 6.61 Å². The van der Waals surface area contributed by atoms with E-state index in [-0.39, 0.29) is 6.42 Å². The van der Waals surface area contributed by atoms with E-state index in [2.05, 4.69) is 20.4 Å². The summed E-state index contributed by atoms with van der Waals surface area (Å²) in [5.74, 6) is -3.05. The number of halogens is 2. The molecule has 1 aromatic carbocycles. The second-order valence-electron chi connectivity index (χ2n) is 6.34. The Labute approximate surface area is 175 Å². The second kappa shape index (κ2) is 9.61. The Morgan fingerprint density at radius 2 is 1.97 bits per heavy atom. The van der Waals surface area contributed by atoms with Gasteiger partial charge in [-0.05, 0) is 50.1 Å². The van der Waals surface area contributed by atoms with Gasteiger partial charge in [0.2, 0.25) is 0 Å². The number of alkyl halides is 2. The van der Waals surface area contributed by atoms with Gasteiger partial charge in [-0.2, -0.15) is 18.9 Å².